The smallest absolute Gasteiger partial charge is 0.0366 e. The van der Waals surface area contributed by atoms with Crippen LogP contribution in [0.15, 0.2) is 30.3 Å². The molecule has 2 heteroatoms. The molecule has 0 bridgehead atoms. The number of anilines is 1. The highest BCUT2D eigenvalue weighted by Crippen LogP contribution is 2.20. The van der Waals surface area contributed by atoms with E-state index < -0.39 is 0 Å². The summed E-state index contributed by atoms with van der Waals surface area (Å²) in [5.74, 6) is 0. The second kappa shape index (κ2) is 7.42. The van der Waals surface area contributed by atoms with E-state index in [0.29, 0.717) is 0 Å². The first kappa shape index (κ1) is 15.0. The molecular formula is C16H28N2. The summed E-state index contributed by atoms with van der Waals surface area (Å²) < 4.78 is 0. The van der Waals surface area contributed by atoms with Crippen molar-refractivity contribution in [2.75, 3.05) is 18.0 Å². The van der Waals surface area contributed by atoms with E-state index in [9.17, 15) is 0 Å². The Labute approximate surface area is 112 Å². The van der Waals surface area contributed by atoms with Gasteiger partial charge in [-0.1, -0.05) is 45.4 Å². The van der Waals surface area contributed by atoms with E-state index >= 15 is 0 Å². The molecule has 2 nitrogen and oxygen atoms in total. The molecular weight excluding hydrogens is 220 g/mol. The van der Waals surface area contributed by atoms with E-state index in [1.807, 2.05) is 0 Å². The molecule has 0 saturated carbocycles. The summed E-state index contributed by atoms with van der Waals surface area (Å²) in [5.41, 5.74) is 7.69. The molecule has 1 aromatic carbocycles. The third kappa shape index (κ3) is 4.34. The molecule has 0 unspecified atom stereocenters. The Bertz CT molecular complexity index is 317. The lowest BCUT2D eigenvalue weighted by molar-refractivity contribution is 0.392. The highest BCUT2D eigenvalue weighted by atomic mass is 15.1. The lowest BCUT2D eigenvalue weighted by atomic mass is 9.93. The fourth-order valence-corrected chi connectivity index (χ4v) is 2.14. The molecule has 0 aromatic heterocycles. The van der Waals surface area contributed by atoms with Crippen LogP contribution >= 0.6 is 0 Å². The highest BCUT2D eigenvalue weighted by Gasteiger charge is 2.23. The molecule has 0 atom stereocenters. The van der Waals surface area contributed by atoms with Gasteiger partial charge in [-0.25, -0.2) is 0 Å². The van der Waals surface area contributed by atoms with Gasteiger partial charge in [0.25, 0.3) is 0 Å². The summed E-state index contributed by atoms with van der Waals surface area (Å²) >= 11 is 0. The van der Waals surface area contributed by atoms with Crippen molar-refractivity contribution in [2.24, 2.45) is 5.73 Å². The number of para-hydroxylation sites is 1. The van der Waals surface area contributed by atoms with Gasteiger partial charge in [0, 0.05) is 24.3 Å². The predicted octanol–water partition coefficient (Wildman–Crippen LogP) is 3.81. The van der Waals surface area contributed by atoms with Crippen molar-refractivity contribution < 1.29 is 0 Å². The highest BCUT2D eigenvalue weighted by molar-refractivity contribution is 5.46. The van der Waals surface area contributed by atoms with Crippen LogP contribution in [0.4, 0.5) is 5.69 Å². The van der Waals surface area contributed by atoms with Crippen LogP contribution in [0.1, 0.15) is 46.5 Å². The topological polar surface area (TPSA) is 29.3 Å². The van der Waals surface area contributed by atoms with Crippen molar-refractivity contribution >= 4 is 5.69 Å². The SMILES string of the molecule is CCCCN(CC(N)(CC)CC)c1ccccc1. The van der Waals surface area contributed by atoms with Crippen molar-refractivity contribution in [1.29, 1.82) is 0 Å². The minimum Gasteiger partial charge on any atom is -0.370 e. The second-order valence-corrected chi connectivity index (χ2v) is 5.18. The molecule has 0 spiro atoms. The Morgan fingerprint density at radius 2 is 1.67 bits per heavy atom. The second-order valence-electron chi connectivity index (χ2n) is 5.18. The maximum absolute atomic E-state index is 6.46. The molecule has 102 valence electrons. The molecule has 0 radical (unpaired) electrons. The number of nitrogens with zero attached hydrogens (tertiary/aromatic N) is 1. The lowest BCUT2D eigenvalue weighted by Crippen LogP contribution is -2.49. The van der Waals surface area contributed by atoms with Crippen LogP contribution in [0.2, 0.25) is 0 Å². The van der Waals surface area contributed by atoms with Crippen LogP contribution < -0.4 is 10.6 Å². The standard InChI is InChI=1S/C16H28N2/c1-4-7-13-18(14-16(17,5-2)6-3)15-11-9-8-10-12-15/h8-12H,4-7,13-14,17H2,1-3H3. The zero-order valence-corrected chi connectivity index (χ0v) is 12.2. The van der Waals surface area contributed by atoms with Crippen LogP contribution in [-0.4, -0.2) is 18.6 Å². The molecule has 1 rings (SSSR count). The van der Waals surface area contributed by atoms with E-state index in [1.54, 1.807) is 0 Å². The van der Waals surface area contributed by atoms with Gasteiger partial charge in [0.1, 0.15) is 0 Å². The number of hydrogen-bond donors (Lipinski definition) is 1. The van der Waals surface area contributed by atoms with Crippen molar-refractivity contribution in [3.63, 3.8) is 0 Å². The van der Waals surface area contributed by atoms with Crippen molar-refractivity contribution in [3.8, 4) is 0 Å². The van der Waals surface area contributed by atoms with Crippen molar-refractivity contribution in [3.05, 3.63) is 30.3 Å². The first-order chi connectivity index (χ1) is 8.65. The van der Waals surface area contributed by atoms with Crippen LogP contribution in [0.3, 0.4) is 0 Å². The average Bonchev–Trinajstić information content (AvgIpc) is 2.44. The maximum Gasteiger partial charge on any atom is 0.0366 e. The Morgan fingerprint density at radius 3 is 2.17 bits per heavy atom. The van der Waals surface area contributed by atoms with Gasteiger partial charge in [0.2, 0.25) is 0 Å². The normalized spacial score (nSPS) is 11.6. The minimum atomic E-state index is -0.0659. The summed E-state index contributed by atoms with van der Waals surface area (Å²) in [6, 6.07) is 10.6. The summed E-state index contributed by atoms with van der Waals surface area (Å²) in [4.78, 5) is 2.44. The Morgan fingerprint density at radius 1 is 1.06 bits per heavy atom. The first-order valence-electron chi connectivity index (χ1n) is 7.24. The van der Waals surface area contributed by atoms with Gasteiger partial charge in [-0.15, -0.1) is 0 Å². The fourth-order valence-electron chi connectivity index (χ4n) is 2.14. The van der Waals surface area contributed by atoms with Crippen molar-refractivity contribution in [1.82, 2.24) is 0 Å². The molecule has 18 heavy (non-hydrogen) atoms. The number of unbranched alkanes of at least 4 members (excludes halogenated alkanes) is 1. The van der Waals surface area contributed by atoms with Crippen LogP contribution in [0, 0.1) is 0 Å². The summed E-state index contributed by atoms with van der Waals surface area (Å²) in [6.07, 6.45) is 4.50. The van der Waals surface area contributed by atoms with Crippen molar-refractivity contribution in [2.45, 2.75) is 52.0 Å². The van der Waals surface area contributed by atoms with Crippen LogP contribution in [-0.2, 0) is 0 Å². The molecule has 1 aromatic rings. The monoisotopic (exact) mass is 248 g/mol. The van der Waals surface area contributed by atoms with Gasteiger partial charge in [-0.3, -0.25) is 0 Å². The molecule has 0 aliphatic rings. The van der Waals surface area contributed by atoms with Gasteiger partial charge in [0.05, 0.1) is 0 Å². The lowest BCUT2D eigenvalue weighted by Gasteiger charge is -2.35. The van der Waals surface area contributed by atoms with E-state index in [4.69, 9.17) is 5.73 Å². The largest absolute Gasteiger partial charge is 0.370 e. The van der Waals surface area contributed by atoms with Crippen LogP contribution in [0.25, 0.3) is 0 Å². The zero-order chi connectivity index (χ0) is 13.4. The molecule has 0 heterocycles. The average molecular weight is 248 g/mol. The predicted molar refractivity (Wildman–Crippen MR) is 81.1 cm³/mol. The number of benzene rings is 1. The maximum atomic E-state index is 6.46. The minimum absolute atomic E-state index is 0.0659. The number of hydrogen-bond acceptors (Lipinski definition) is 2. The van der Waals surface area contributed by atoms with E-state index in [2.05, 4.69) is 56.0 Å². The molecule has 0 fully saturated rings. The summed E-state index contributed by atoms with van der Waals surface area (Å²) in [7, 11) is 0. The molecule has 0 aliphatic carbocycles. The number of rotatable bonds is 8. The third-order valence-electron chi connectivity index (χ3n) is 3.82. The van der Waals surface area contributed by atoms with Crippen LogP contribution in [0.5, 0.6) is 0 Å². The van der Waals surface area contributed by atoms with E-state index in [-0.39, 0.29) is 5.54 Å². The zero-order valence-electron chi connectivity index (χ0n) is 12.2. The molecule has 0 amide bonds. The van der Waals surface area contributed by atoms with Gasteiger partial charge in [-0.2, -0.15) is 0 Å². The Balaban J connectivity index is 2.79. The summed E-state index contributed by atoms with van der Waals surface area (Å²) in [5, 5.41) is 0. The van der Waals surface area contributed by atoms with Gasteiger partial charge < -0.3 is 10.6 Å². The Hall–Kier alpha value is -1.02. The van der Waals surface area contributed by atoms with Gasteiger partial charge in [-0.05, 0) is 31.4 Å². The number of nitrogens with two attached hydrogens (primary N) is 1. The van der Waals surface area contributed by atoms with Gasteiger partial charge in [0.15, 0.2) is 0 Å². The van der Waals surface area contributed by atoms with Gasteiger partial charge >= 0.3 is 0 Å². The molecule has 0 saturated heterocycles. The summed E-state index contributed by atoms with van der Waals surface area (Å²) in [6.45, 7) is 8.65. The Kier molecular flexibility index (Phi) is 6.20. The first-order valence-corrected chi connectivity index (χ1v) is 7.24. The quantitative estimate of drug-likeness (QED) is 0.758. The fraction of sp³-hybridized carbons (Fsp3) is 0.625. The third-order valence-corrected chi connectivity index (χ3v) is 3.82. The van der Waals surface area contributed by atoms with E-state index in [1.165, 1.54) is 18.5 Å². The van der Waals surface area contributed by atoms with E-state index in [0.717, 1.165) is 25.9 Å². The molecule has 0 aliphatic heterocycles. The molecule has 2 N–H and O–H groups in total.